The van der Waals surface area contributed by atoms with Crippen molar-refractivity contribution in [1.82, 2.24) is 4.90 Å². The number of imide groups is 1. The summed E-state index contributed by atoms with van der Waals surface area (Å²) in [6.07, 6.45) is 1.79. The molecule has 0 aliphatic carbocycles. The molecule has 0 rings (SSSR count). The summed E-state index contributed by atoms with van der Waals surface area (Å²) in [5.41, 5.74) is 3.96. The Balaban J connectivity index is 4.93. The number of amides is 2. The molecule has 0 bridgehead atoms. The first-order valence-electron chi connectivity index (χ1n) is 6.55. The van der Waals surface area contributed by atoms with Gasteiger partial charge in [-0.1, -0.05) is 12.2 Å². The molecule has 0 heterocycles. The van der Waals surface area contributed by atoms with E-state index in [2.05, 4.69) is 0 Å². The predicted molar refractivity (Wildman–Crippen MR) is 77.4 cm³/mol. The first-order chi connectivity index (χ1) is 8.96. The van der Waals surface area contributed by atoms with Crippen molar-refractivity contribution in [1.29, 1.82) is 0 Å². The molecule has 0 aromatic rings. The van der Waals surface area contributed by atoms with Crippen molar-refractivity contribution in [2.45, 2.75) is 52.7 Å². The lowest BCUT2D eigenvalue weighted by atomic mass is 10.2. The summed E-state index contributed by atoms with van der Waals surface area (Å²) in [6, 6.07) is 0. The van der Waals surface area contributed by atoms with E-state index in [-0.39, 0.29) is 6.54 Å². The Morgan fingerprint density at radius 2 is 1.35 bits per heavy atom. The average molecular weight is 286 g/mol. The highest BCUT2D eigenvalue weighted by molar-refractivity contribution is 5.88. The number of ether oxygens (including phenoxy) is 2. The van der Waals surface area contributed by atoms with Crippen LogP contribution in [0, 0.1) is 0 Å². The maximum Gasteiger partial charge on any atom is 0.420 e. The maximum absolute atomic E-state index is 12.0. The molecule has 0 unspecified atom stereocenters. The SMILES string of the molecule is CC(C)(C)OC(=O)N(C/C=C/CN)C(=O)OC(C)(C)C. The topological polar surface area (TPSA) is 81.9 Å². The minimum absolute atomic E-state index is 0.0566. The molecule has 20 heavy (non-hydrogen) atoms. The van der Waals surface area contributed by atoms with Crippen LogP contribution in [0.5, 0.6) is 0 Å². The van der Waals surface area contributed by atoms with E-state index in [0.29, 0.717) is 6.54 Å². The highest BCUT2D eigenvalue weighted by atomic mass is 16.6. The van der Waals surface area contributed by atoms with Crippen molar-refractivity contribution in [2.24, 2.45) is 5.73 Å². The Morgan fingerprint density at radius 3 is 1.65 bits per heavy atom. The van der Waals surface area contributed by atoms with Gasteiger partial charge in [-0.05, 0) is 41.5 Å². The van der Waals surface area contributed by atoms with Gasteiger partial charge in [0.05, 0.1) is 6.54 Å². The molecule has 2 amide bonds. The molecule has 0 saturated carbocycles. The summed E-state index contributed by atoms with van der Waals surface area (Å²) in [5.74, 6) is 0. The van der Waals surface area contributed by atoms with Crippen LogP contribution in [0.3, 0.4) is 0 Å². The van der Waals surface area contributed by atoms with Gasteiger partial charge in [0.25, 0.3) is 0 Å². The molecule has 0 fully saturated rings. The second kappa shape index (κ2) is 7.28. The molecule has 0 aliphatic rings. The first kappa shape index (κ1) is 18.4. The van der Waals surface area contributed by atoms with E-state index in [1.165, 1.54) is 0 Å². The number of carbonyl (C=O) groups is 2. The third kappa shape index (κ3) is 8.53. The zero-order valence-corrected chi connectivity index (χ0v) is 13.2. The van der Waals surface area contributed by atoms with Crippen LogP contribution in [0.15, 0.2) is 12.2 Å². The van der Waals surface area contributed by atoms with Crippen LogP contribution in [0.2, 0.25) is 0 Å². The molecule has 6 heteroatoms. The minimum atomic E-state index is -0.742. The molecule has 116 valence electrons. The van der Waals surface area contributed by atoms with Gasteiger partial charge < -0.3 is 15.2 Å². The van der Waals surface area contributed by atoms with E-state index < -0.39 is 23.4 Å². The van der Waals surface area contributed by atoms with Crippen LogP contribution in [-0.2, 0) is 9.47 Å². The van der Waals surface area contributed by atoms with E-state index in [4.69, 9.17) is 15.2 Å². The van der Waals surface area contributed by atoms with Crippen LogP contribution in [0.1, 0.15) is 41.5 Å². The Hall–Kier alpha value is -1.56. The average Bonchev–Trinajstić information content (AvgIpc) is 2.18. The largest absolute Gasteiger partial charge is 0.443 e. The molecule has 0 aromatic carbocycles. The van der Waals surface area contributed by atoms with Crippen LogP contribution < -0.4 is 5.73 Å². The molecule has 0 aromatic heterocycles. The number of rotatable bonds is 3. The van der Waals surface area contributed by atoms with Gasteiger partial charge in [0.1, 0.15) is 11.2 Å². The van der Waals surface area contributed by atoms with E-state index in [1.807, 2.05) is 0 Å². The summed E-state index contributed by atoms with van der Waals surface area (Å²) in [7, 11) is 0. The number of nitrogens with two attached hydrogens (primary N) is 1. The van der Waals surface area contributed by atoms with Crippen molar-refractivity contribution in [2.75, 3.05) is 13.1 Å². The third-order valence-electron chi connectivity index (χ3n) is 1.82. The van der Waals surface area contributed by atoms with Gasteiger partial charge in [-0.3, -0.25) is 0 Å². The third-order valence-corrected chi connectivity index (χ3v) is 1.82. The first-order valence-corrected chi connectivity index (χ1v) is 6.55. The molecule has 0 radical (unpaired) electrons. The number of nitrogens with zero attached hydrogens (tertiary/aromatic N) is 1. The Labute approximate surface area is 120 Å². The monoisotopic (exact) mass is 286 g/mol. The molecule has 0 saturated heterocycles. The van der Waals surface area contributed by atoms with Crippen LogP contribution in [-0.4, -0.2) is 41.4 Å². The lowest BCUT2D eigenvalue weighted by Gasteiger charge is -2.28. The standard InChI is InChI=1S/C14H26N2O4/c1-13(2,3)19-11(17)16(10-8-7-9-15)12(18)20-14(4,5)6/h7-8H,9-10,15H2,1-6H3/b8-7+. The summed E-state index contributed by atoms with van der Waals surface area (Å²) in [4.78, 5) is 24.9. The lowest BCUT2D eigenvalue weighted by molar-refractivity contribution is 0.00373. The van der Waals surface area contributed by atoms with Crippen molar-refractivity contribution in [3.63, 3.8) is 0 Å². The van der Waals surface area contributed by atoms with Crippen LogP contribution in [0.4, 0.5) is 9.59 Å². The van der Waals surface area contributed by atoms with Gasteiger partial charge in [0.2, 0.25) is 0 Å². The number of hydrogen-bond acceptors (Lipinski definition) is 5. The van der Waals surface area contributed by atoms with Crippen molar-refractivity contribution in [3.05, 3.63) is 12.2 Å². The highest BCUT2D eigenvalue weighted by Crippen LogP contribution is 2.14. The zero-order chi connectivity index (χ0) is 16.0. The zero-order valence-electron chi connectivity index (χ0n) is 13.2. The Kier molecular flexibility index (Phi) is 6.72. The normalized spacial score (nSPS) is 12.3. The fourth-order valence-corrected chi connectivity index (χ4v) is 1.13. The second-order valence-electron chi connectivity index (χ2n) is 6.28. The number of hydrogen-bond donors (Lipinski definition) is 1. The quantitative estimate of drug-likeness (QED) is 0.807. The molecule has 0 aliphatic heterocycles. The molecule has 6 nitrogen and oxygen atoms in total. The van der Waals surface area contributed by atoms with Crippen molar-refractivity contribution in [3.8, 4) is 0 Å². The van der Waals surface area contributed by atoms with Crippen molar-refractivity contribution < 1.29 is 19.1 Å². The molecule has 0 atom stereocenters. The smallest absolute Gasteiger partial charge is 0.420 e. The van der Waals surface area contributed by atoms with Gasteiger partial charge in [-0.25, -0.2) is 14.5 Å². The van der Waals surface area contributed by atoms with E-state index in [0.717, 1.165) is 4.90 Å². The molecule has 2 N–H and O–H groups in total. The van der Waals surface area contributed by atoms with E-state index in [1.54, 1.807) is 53.7 Å². The maximum atomic E-state index is 12.0. The number of carbonyl (C=O) groups excluding carboxylic acids is 2. The highest BCUT2D eigenvalue weighted by Gasteiger charge is 2.30. The van der Waals surface area contributed by atoms with Gasteiger partial charge in [-0.2, -0.15) is 0 Å². The summed E-state index contributed by atoms with van der Waals surface area (Å²) in [5, 5.41) is 0. The fourth-order valence-electron chi connectivity index (χ4n) is 1.13. The lowest BCUT2D eigenvalue weighted by Crippen LogP contribution is -2.43. The molecular weight excluding hydrogens is 260 g/mol. The Morgan fingerprint density at radius 1 is 0.950 bits per heavy atom. The van der Waals surface area contributed by atoms with Crippen LogP contribution in [0.25, 0.3) is 0 Å². The predicted octanol–water partition coefficient (Wildman–Crippen LogP) is 2.67. The minimum Gasteiger partial charge on any atom is -0.443 e. The molecular formula is C14H26N2O4. The van der Waals surface area contributed by atoms with Crippen molar-refractivity contribution >= 4 is 12.2 Å². The van der Waals surface area contributed by atoms with E-state index in [9.17, 15) is 9.59 Å². The summed E-state index contributed by atoms with van der Waals surface area (Å²) >= 11 is 0. The fraction of sp³-hybridized carbons (Fsp3) is 0.714. The van der Waals surface area contributed by atoms with Gasteiger partial charge in [0, 0.05) is 6.54 Å². The summed E-state index contributed by atoms with van der Waals surface area (Å²) < 4.78 is 10.4. The van der Waals surface area contributed by atoms with Gasteiger partial charge >= 0.3 is 12.2 Å². The van der Waals surface area contributed by atoms with E-state index >= 15 is 0 Å². The summed E-state index contributed by atoms with van der Waals surface area (Å²) in [6.45, 7) is 10.8. The van der Waals surface area contributed by atoms with Crippen LogP contribution >= 0.6 is 0 Å². The van der Waals surface area contributed by atoms with Gasteiger partial charge in [0.15, 0.2) is 0 Å². The molecule has 0 spiro atoms. The Bertz CT molecular complexity index is 336. The second-order valence-corrected chi connectivity index (χ2v) is 6.28. The van der Waals surface area contributed by atoms with Gasteiger partial charge in [-0.15, -0.1) is 0 Å².